The second kappa shape index (κ2) is 8.79. The molecule has 6 heteroatoms. The maximum absolute atomic E-state index is 12.3. The van der Waals surface area contributed by atoms with E-state index in [0.29, 0.717) is 11.7 Å². The monoisotopic (exact) mass is 381 g/mol. The molecule has 0 saturated heterocycles. The van der Waals surface area contributed by atoms with Crippen LogP contribution in [-0.4, -0.2) is 36.5 Å². The Morgan fingerprint density at radius 3 is 2.74 bits per heavy atom. The summed E-state index contributed by atoms with van der Waals surface area (Å²) in [5, 5.41) is 5.41. The first kappa shape index (κ1) is 19.1. The number of hydrogen-bond donors (Lipinski definition) is 1. The zero-order chi connectivity index (χ0) is 19.2. The highest BCUT2D eigenvalue weighted by Gasteiger charge is 2.13. The molecule has 0 aliphatic heterocycles. The molecule has 3 rings (SSSR count). The second-order valence-electron chi connectivity index (χ2n) is 6.45. The van der Waals surface area contributed by atoms with Gasteiger partial charge in [0, 0.05) is 17.5 Å². The minimum atomic E-state index is -0.0782. The Kier molecular flexibility index (Phi) is 6.21. The normalized spacial score (nSPS) is 10.8. The molecule has 0 radical (unpaired) electrons. The van der Waals surface area contributed by atoms with Crippen LogP contribution in [0.25, 0.3) is 11.3 Å². The molecule has 0 fully saturated rings. The van der Waals surface area contributed by atoms with Crippen LogP contribution >= 0.6 is 11.3 Å². The van der Waals surface area contributed by atoms with Crippen molar-refractivity contribution in [2.75, 3.05) is 26.0 Å². The van der Waals surface area contributed by atoms with E-state index in [1.54, 1.807) is 7.11 Å². The van der Waals surface area contributed by atoms with Crippen LogP contribution in [-0.2, 0) is 11.3 Å². The van der Waals surface area contributed by atoms with Crippen molar-refractivity contribution in [3.05, 3.63) is 65.0 Å². The van der Waals surface area contributed by atoms with Crippen LogP contribution < -0.4 is 10.1 Å². The lowest BCUT2D eigenvalue weighted by atomic mass is 10.1. The zero-order valence-corrected chi connectivity index (χ0v) is 16.5. The van der Waals surface area contributed by atoms with Gasteiger partial charge in [-0.05, 0) is 31.7 Å². The van der Waals surface area contributed by atoms with E-state index in [1.807, 2.05) is 60.6 Å². The highest BCUT2D eigenvalue weighted by molar-refractivity contribution is 7.14. The number of rotatable bonds is 7. The third-order valence-corrected chi connectivity index (χ3v) is 4.85. The summed E-state index contributed by atoms with van der Waals surface area (Å²) in [4.78, 5) is 18.8. The van der Waals surface area contributed by atoms with Crippen molar-refractivity contribution >= 4 is 22.4 Å². The Hall–Kier alpha value is -2.70. The van der Waals surface area contributed by atoms with E-state index in [9.17, 15) is 4.79 Å². The van der Waals surface area contributed by atoms with Crippen molar-refractivity contribution in [2.45, 2.75) is 13.5 Å². The van der Waals surface area contributed by atoms with E-state index >= 15 is 0 Å². The van der Waals surface area contributed by atoms with Crippen molar-refractivity contribution < 1.29 is 9.53 Å². The lowest BCUT2D eigenvalue weighted by Gasteiger charge is -2.15. The Morgan fingerprint density at radius 2 is 2.00 bits per heavy atom. The summed E-state index contributed by atoms with van der Waals surface area (Å²) in [5.74, 6) is 0.692. The fourth-order valence-electron chi connectivity index (χ4n) is 2.83. The number of benzene rings is 2. The van der Waals surface area contributed by atoms with Crippen LogP contribution in [0.5, 0.6) is 5.75 Å². The Labute approximate surface area is 163 Å². The standard InChI is InChI=1S/C21H23N3O2S/c1-15-9-10-19(26-3)17(11-15)18-14-27-21(22-18)23-20(25)13-24(2)12-16-7-5-4-6-8-16/h4-11,14H,12-13H2,1-3H3,(H,22,23,25). The molecule has 1 aromatic heterocycles. The summed E-state index contributed by atoms with van der Waals surface area (Å²) < 4.78 is 5.42. The number of likely N-dealkylation sites (N-methyl/N-ethyl adjacent to an activating group) is 1. The molecule has 0 spiro atoms. The van der Waals surface area contributed by atoms with Crippen molar-refractivity contribution in [3.63, 3.8) is 0 Å². The Morgan fingerprint density at radius 1 is 1.22 bits per heavy atom. The van der Waals surface area contributed by atoms with Gasteiger partial charge in [-0.1, -0.05) is 42.0 Å². The van der Waals surface area contributed by atoms with Crippen LogP contribution in [0.3, 0.4) is 0 Å². The number of nitrogens with one attached hydrogen (secondary N) is 1. The van der Waals surface area contributed by atoms with Crippen molar-refractivity contribution in [3.8, 4) is 17.0 Å². The van der Waals surface area contributed by atoms with E-state index in [2.05, 4.69) is 22.4 Å². The fraction of sp³-hybridized carbons (Fsp3) is 0.238. The highest BCUT2D eigenvalue weighted by Crippen LogP contribution is 2.32. The SMILES string of the molecule is COc1ccc(C)cc1-c1csc(NC(=O)CN(C)Cc2ccccc2)n1. The number of amides is 1. The van der Waals surface area contributed by atoms with E-state index in [-0.39, 0.29) is 5.91 Å². The van der Waals surface area contributed by atoms with Gasteiger partial charge < -0.3 is 10.1 Å². The number of thiazole rings is 1. The second-order valence-corrected chi connectivity index (χ2v) is 7.31. The average molecular weight is 382 g/mol. The van der Waals surface area contributed by atoms with Gasteiger partial charge in [0.1, 0.15) is 5.75 Å². The molecule has 0 atom stereocenters. The predicted molar refractivity (Wildman–Crippen MR) is 110 cm³/mol. The molecular weight excluding hydrogens is 358 g/mol. The van der Waals surface area contributed by atoms with E-state index in [4.69, 9.17) is 4.74 Å². The topological polar surface area (TPSA) is 54.5 Å². The first-order chi connectivity index (χ1) is 13.0. The predicted octanol–water partition coefficient (Wildman–Crippen LogP) is 4.20. The number of aromatic nitrogens is 1. The van der Waals surface area contributed by atoms with Gasteiger partial charge in [0.15, 0.2) is 5.13 Å². The fourth-order valence-corrected chi connectivity index (χ4v) is 3.56. The molecule has 27 heavy (non-hydrogen) atoms. The molecular formula is C21H23N3O2S. The summed E-state index contributed by atoms with van der Waals surface area (Å²) in [6.07, 6.45) is 0. The summed E-state index contributed by atoms with van der Waals surface area (Å²) in [6.45, 7) is 3.05. The molecule has 5 nitrogen and oxygen atoms in total. The van der Waals surface area contributed by atoms with E-state index in [1.165, 1.54) is 16.9 Å². The lowest BCUT2D eigenvalue weighted by Crippen LogP contribution is -2.29. The minimum absolute atomic E-state index is 0.0782. The number of methoxy groups -OCH3 is 1. The average Bonchev–Trinajstić information content (AvgIpc) is 3.10. The molecule has 0 aliphatic rings. The third-order valence-electron chi connectivity index (χ3n) is 4.09. The van der Waals surface area contributed by atoms with E-state index in [0.717, 1.165) is 29.1 Å². The number of hydrogen-bond acceptors (Lipinski definition) is 5. The maximum Gasteiger partial charge on any atom is 0.240 e. The first-order valence-electron chi connectivity index (χ1n) is 8.68. The highest BCUT2D eigenvalue weighted by atomic mass is 32.1. The van der Waals surface area contributed by atoms with Crippen molar-refractivity contribution in [1.82, 2.24) is 9.88 Å². The third kappa shape index (κ3) is 5.15. The quantitative estimate of drug-likeness (QED) is 0.666. The molecule has 0 saturated carbocycles. The van der Waals surface area contributed by atoms with Gasteiger partial charge in [0.2, 0.25) is 5.91 Å². The summed E-state index contributed by atoms with van der Waals surface area (Å²) in [6, 6.07) is 16.1. The number of anilines is 1. The van der Waals surface area contributed by atoms with Gasteiger partial charge >= 0.3 is 0 Å². The van der Waals surface area contributed by atoms with Gasteiger partial charge in [0.25, 0.3) is 0 Å². The number of carbonyl (C=O) groups excluding carboxylic acids is 1. The lowest BCUT2D eigenvalue weighted by molar-refractivity contribution is -0.117. The first-order valence-corrected chi connectivity index (χ1v) is 9.56. The number of carbonyl (C=O) groups is 1. The Balaban J connectivity index is 1.62. The molecule has 1 heterocycles. The van der Waals surface area contributed by atoms with Crippen LogP contribution in [0.2, 0.25) is 0 Å². The van der Waals surface area contributed by atoms with Crippen LogP contribution in [0.15, 0.2) is 53.9 Å². The molecule has 3 aromatic rings. The molecule has 2 aromatic carbocycles. The maximum atomic E-state index is 12.3. The van der Waals surface area contributed by atoms with Crippen LogP contribution in [0.1, 0.15) is 11.1 Å². The van der Waals surface area contributed by atoms with Gasteiger partial charge in [0.05, 0.1) is 19.3 Å². The van der Waals surface area contributed by atoms with Crippen LogP contribution in [0, 0.1) is 6.92 Å². The van der Waals surface area contributed by atoms with Gasteiger partial charge in [-0.15, -0.1) is 11.3 Å². The minimum Gasteiger partial charge on any atom is -0.496 e. The number of aryl methyl sites for hydroxylation is 1. The summed E-state index contributed by atoms with van der Waals surface area (Å²) in [7, 11) is 3.57. The van der Waals surface area contributed by atoms with E-state index < -0.39 is 0 Å². The van der Waals surface area contributed by atoms with Crippen LogP contribution in [0.4, 0.5) is 5.13 Å². The van der Waals surface area contributed by atoms with Crippen molar-refractivity contribution in [2.24, 2.45) is 0 Å². The zero-order valence-electron chi connectivity index (χ0n) is 15.7. The molecule has 140 valence electrons. The largest absolute Gasteiger partial charge is 0.496 e. The number of nitrogens with zero attached hydrogens (tertiary/aromatic N) is 2. The molecule has 1 amide bonds. The van der Waals surface area contributed by atoms with Gasteiger partial charge in [-0.3, -0.25) is 9.69 Å². The molecule has 1 N–H and O–H groups in total. The number of ether oxygens (including phenoxy) is 1. The van der Waals surface area contributed by atoms with Crippen molar-refractivity contribution in [1.29, 1.82) is 0 Å². The summed E-state index contributed by atoms with van der Waals surface area (Å²) >= 11 is 1.41. The molecule has 0 unspecified atom stereocenters. The smallest absolute Gasteiger partial charge is 0.240 e. The molecule has 0 aliphatic carbocycles. The Bertz CT molecular complexity index is 909. The molecule has 0 bridgehead atoms. The summed E-state index contributed by atoms with van der Waals surface area (Å²) in [5.41, 5.74) is 4.03. The van der Waals surface area contributed by atoms with Gasteiger partial charge in [-0.25, -0.2) is 4.98 Å². The van der Waals surface area contributed by atoms with Gasteiger partial charge in [-0.2, -0.15) is 0 Å².